The minimum atomic E-state index is -0.403. The Balaban J connectivity index is 2.40. The van der Waals surface area contributed by atoms with Crippen LogP contribution in [0.25, 0.3) is 0 Å². The zero-order valence-corrected chi connectivity index (χ0v) is 9.65. The van der Waals surface area contributed by atoms with E-state index in [1.165, 1.54) is 12.0 Å². The smallest absolute Gasteiger partial charge is 0.414 e. The molecular weight excluding hydrogens is 264 g/mol. The number of anilines is 1. The second-order valence-electron chi connectivity index (χ2n) is 2.95. The van der Waals surface area contributed by atoms with Gasteiger partial charge in [-0.3, -0.25) is 4.90 Å². The molecule has 0 saturated carbocycles. The molecular formula is C9H9BrN2O3. The lowest BCUT2D eigenvalue weighted by molar-refractivity contribution is 0.174. The number of carbonyl (C=O) groups is 1. The minimum absolute atomic E-state index is 0.403. The minimum Gasteiger partial charge on any atom is -0.474 e. The number of halogens is 1. The molecule has 15 heavy (non-hydrogen) atoms. The maximum atomic E-state index is 11.4. The largest absolute Gasteiger partial charge is 0.474 e. The molecule has 0 bridgehead atoms. The Kier molecular flexibility index (Phi) is 2.77. The molecule has 1 amide bonds. The van der Waals surface area contributed by atoms with E-state index in [-0.39, 0.29) is 0 Å². The van der Waals surface area contributed by atoms with Crippen LogP contribution in [0.2, 0.25) is 0 Å². The van der Waals surface area contributed by atoms with E-state index in [4.69, 9.17) is 4.74 Å². The number of hydrogen-bond acceptors (Lipinski definition) is 4. The Hall–Kier alpha value is -1.30. The molecule has 0 saturated heterocycles. The predicted molar refractivity (Wildman–Crippen MR) is 57.2 cm³/mol. The van der Waals surface area contributed by atoms with Gasteiger partial charge in [0.25, 0.3) is 0 Å². The van der Waals surface area contributed by atoms with E-state index in [9.17, 15) is 4.79 Å². The monoisotopic (exact) mass is 272 g/mol. The Morgan fingerprint density at radius 2 is 2.53 bits per heavy atom. The number of fused-ring (bicyclic) bond motifs is 1. The molecule has 2 heterocycles. The SMILES string of the molecule is COC(=O)N1CCOc2ncc(Br)cc21. The van der Waals surface area contributed by atoms with Gasteiger partial charge in [-0.05, 0) is 22.0 Å². The highest BCUT2D eigenvalue weighted by molar-refractivity contribution is 9.10. The number of amides is 1. The zero-order chi connectivity index (χ0) is 10.8. The van der Waals surface area contributed by atoms with Crippen LogP contribution in [0.4, 0.5) is 10.5 Å². The van der Waals surface area contributed by atoms with Gasteiger partial charge in [0, 0.05) is 10.7 Å². The molecule has 0 fully saturated rings. The van der Waals surface area contributed by atoms with Gasteiger partial charge in [0.15, 0.2) is 0 Å². The summed E-state index contributed by atoms with van der Waals surface area (Å²) < 4.78 is 10.8. The lowest BCUT2D eigenvalue weighted by atomic mass is 10.3. The molecule has 0 unspecified atom stereocenters. The van der Waals surface area contributed by atoms with E-state index in [1.54, 1.807) is 12.3 Å². The van der Waals surface area contributed by atoms with Gasteiger partial charge in [0.2, 0.25) is 5.88 Å². The molecule has 0 spiro atoms. The molecule has 0 radical (unpaired) electrons. The number of pyridine rings is 1. The van der Waals surface area contributed by atoms with Gasteiger partial charge in [-0.1, -0.05) is 0 Å². The number of rotatable bonds is 0. The molecule has 0 N–H and O–H groups in total. The first kappa shape index (κ1) is 10.2. The van der Waals surface area contributed by atoms with Crippen LogP contribution in [0.15, 0.2) is 16.7 Å². The van der Waals surface area contributed by atoms with Crippen LogP contribution in [-0.4, -0.2) is 31.3 Å². The fourth-order valence-corrected chi connectivity index (χ4v) is 1.69. The molecule has 1 aromatic rings. The number of hydrogen-bond donors (Lipinski definition) is 0. The first-order chi connectivity index (χ1) is 7.22. The third-order valence-corrected chi connectivity index (χ3v) is 2.47. The second kappa shape index (κ2) is 4.06. The summed E-state index contributed by atoms with van der Waals surface area (Å²) in [6.07, 6.45) is 1.22. The van der Waals surface area contributed by atoms with Gasteiger partial charge in [-0.15, -0.1) is 0 Å². The fourth-order valence-electron chi connectivity index (χ4n) is 1.37. The molecule has 1 aliphatic rings. The molecule has 0 atom stereocenters. The number of aromatic nitrogens is 1. The Bertz CT molecular complexity index is 397. The summed E-state index contributed by atoms with van der Waals surface area (Å²) in [6.45, 7) is 0.897. The third kappa shape index (κ3) is 1.90. The molecule has 1 aliphatic heterocycles. The van der Waals surface area contributed by atoms with Gasteiger partial charge in [0.1, 0.15) is 12.3 Å². The van der Waals surface area contributed by atoms with Crippen LogP contribution >= 0.6 is 15.9 Å². The van der Waals surface area contributed by atoms with Gasteiger partial charge >= 0.3 is 6.09 Å². The summed E-state index contributed by atoms with van der Waals surface area (Å²) in [6, 6.07) is 1.78. The highest BCUT2D eigenvalue weighted by Crippen LogP contribution is 2.31. The molecule has 1 aromatic heterocycles. The summed E-state index contributed by atoms with van der Waals surface area (Å²) in [5.74, 6) is 0.454. The maximum absolute atomic E-state index is 11.4. The predicted octanol–water partition coefficient (Wildman–Crippen LogP) is 1.81. The summed E-state index contributed by atoms with van der Waals surface area (Å²) in [5, 5.41) is 0. The molecule has 0 aromatic carbocycles. The molecule has 2 rings (SSSR count). The number of nitrogens with zero attached hydrogens (tertiary/aromatic N) is 2. The van der Waals surface area contributed by atoms with Crippen molar-refractivity contribution < 1.29 is 14.3 Å². The fraction of sp³-hybridized carbons (Fsp3) is 0.333. The molecule has 80 valence electrons. The van der Waals surface area contributed by atoms with Crippen LogP contribution in [0.1, 0.15) is 0 Å². The summed E-state index contributed by atoms with van der Waals surface area (Å²) in [4.78, 5) is 17.0. The van der Waals surface area contributed by atoms with Crippen LogP contribution in [0.5, 0.6) is 5.88 Å². The van der Waals surface area contributed by atoms with E-state index in [0.29, 0.717) is 24.7 Å². The summed E-state index contributed by atoms with van der Waals surface area (Å²) >= 11 is 3.29. The van der Waals surface area contributed by atoms with Crippen molar-refractivity contribution in [2.24, 2.45) is 0 Å². The first-order valence-electron chi connectivity index (χ1n) is 4.36. The highest BCUT2D eigenvalue weighted by atomic mass is 79.9. The Morgan fingerprint density at radius 1 is 1.73 bits per heavy atom. The Labute approximate surface area is 95.1 Å². The topological polar surface area (TPSA) is 51.7 Å². The van der Waals surface area contributed by atoms with E-state index < -0.39 is 6.09 Å². The third-order valence-electron chi connectivity index (χ3n) is 2.04. The van der Waals surface area contributed by atoms with Crippen molar-refractivity contribution in [3.63, 3.8) is 0 Å². The Morgan fingerprint density at radius 3 is 3.27 bits per heavy atom. The number of carbonyl (C=O) groups excluding carboxylic acids is 1. The highest BCUT2D eigenvalue weighted by Gasteiger charge is 2.25. The van der Waals surface area contributed by atoms with Crippen molar-refractivity contribution in [2.75, 3.05) is 25.2 Å². The van der Waals surface area contributed by atoms with Gasteiger partial charge < -0.3 is 9.47 Å². The molecule has 0 aliphatic carbocycles. The standard InChI is InChI=1S/C9H9BrN2O3/c1-14-9(13)12-2-3-15-8-7(12)4-6(10)5-11-8/h4-5H,2-3H2,1H3. The van der Waals surface area contributed by atoms with Gasteiger partial charge in [0.05, 0.1) is 13.7 Å². The van der Waals surface area contributed by atoms with Crippen molar-refractivity contribution in [2.45, 2.75) is 0 Å². The molecule has 6 heteroatoms. The van der Waals surface area contributed by atoms with Gasteiger partial charge in [-0.2, -0.15) is 0 Å². The zero-order valence-electron chi connectivity index (χ0n) is 8.07. The van der Waals surface area contributed by atoms with Crippen molar-refractivity contribution in [1.82, 2.24) is 4.98 Å². The van der Waals surface area contributed by atoms with Crippen molar-refractivity contribution >= 4 is 27.7 Å². The van der Waals surface area contributed by atoms with E-state index >= 15 is 0 Å². The van der Waals surface area contributed by atoms with Crippen LogP contribution < -0.4 is 9.64 Å². The van der Waals surface area contributed by atoms with Crippen molar-refractivity contribution in [3.05, 3.63) is 16.7 Å². The lowest BCUT2D eigenvalue weighted by Crippen LogP contribution is -2.38. The van der Waals surface area contributed by atoms with E-state index in [2.05, 4.69) is 25.7 Å². The number of methoxy groups -OCH3 is 1. The van der Waals surface area contributed by atoms with Gasteiger partial charge in [-0.25, -0.2) is 9.78 Å². The van der Waals surface area contributed by atoms with Crippen LogP contribution in [0.3, 0.4) is 0 Å². The van der Waals surface area contributed by atoms with Crippen LogP contribution in [-0.2, 0) is 4.74 Å². The second-order valence-corrected chi connectivity index (χ2v) is 3.86. The van der Waals surface area contributed by atoms with Crippen LogP contribution in [0, 0.1) is 0 Å². The summed E-state index contributed by atoms with van der Waals surface area (Å²) in [7, 11) is 1.35. The average Bonchev–Trinajstić information content (AvgIpc) is 2.27. The molecule has 5 nitrogen and oxygen atoms in total. The lowest BCUT2D eigenvalue weighted by Gasteiger charge is -2.27. The summed E-state index contributed by atoms with van der Waals surface area (Å²) in [5.41, 5.74) is 0.627. The quantitative estimate of drug-likeness (QED) is 0.723. The number of ether oxygens (including phenoxy) is 2. The first-order valence-corrected chi connectivity index (χ1v) is 5.15. The van der Waals surface area contributed by atoms with Crippen molar-refractivity contribution in [3.8, 4) is 5.88 Å². The van der Waals surface area contributed by atoms with Crippen molar-refractivity contribution in [1.29, 1.82) is 0 Å². The van der Waals surface area contributed by atoms with E-state index in [0.717, 1.165) is 4.47 Å². The maximum Gasteiger partial charge on any atom is 0.414 e. The van der Waals surface area contributed by atoms with E-state index in [1.807, 2.05) is 0 Å². The average molecular weight is 273 g/mol. The normalized spacial score (nSPS) is 14.1.